The van der Waals surface area contributed by atoms with Crippen LogP contribution in [-0.4, -0.2) is 11.8 Å². The molecular weight excluding hydrogens is 276 g/mol. The fourth-order valence-electron chi connectivity index (χ4n) is 1.95. The molecule has 112 valence electrons. The monoisotopic (exact) mass is 294 g/mol. The Balaban J connectivity index is 2.19. The topological polar surface area (TPSA) is 73.9 Å². The van der Waals surface area contributed by atoms with Gasteiger partial charge >= 0.3 is 0 Å². The molecule has 0 spiro atoms. The highest BCUT2D eigenvalue weighted by Gasteiger charge is 2.04. The summed E-state index contributed by atoms with van der Waals surface area (Å²) in [4.78, 5) is 0. The standard InChI is InChI=1S/C17H18N4O/c1-4-21(19-3)15-8-6-14(7-9-15)20-17-10-5-13(12(2)22)11-16(17)18/h4-11,20,22H,1-3,18H2. The second-order valence-electron chi connectivity index (χ2n) is 4.59. The zero-order valence-corrected chi connectivity index (χ0v) is 12.2. The van der Waals surface area contributed by atoms with Gasteiger partial charge in [0.2, 0.25) is 0 Å². The van der Waals surface area contributed by atoms with Gasteiger partial charge in [-0.3, -0.25) is 0 Å². The van der Waals surface area contributed by atoms with Crippen molar-refractivity contribution >= 4 is 35.2 Å². The van der Waals surface area contributed by atoms with Gasteiger partial charge in [-0.25, -0.2) is 5.01 Å². The second-order valence-corrected chi connectivity index (χ2v) is 4.59. The number of hydrogen-bond acceptors (Lipinski definition) is 5. The highest BCUT2D eigenvalue weighted by molar-refractivity contribution is 5.76. The van der Waals surface area contributed by atoms with Crippen LogP contribution in [0.15, 0.2) is 66.9 Å². The average molecular weight is 294 g/mol. The molecule has 0 aliphatic heterocycles. The van der Waals surface area contributed by atoms with Crippen LogP contribution in [0.5, 0.6) is 0 Å². The molecule has 2 aromatic carbocycles. The minimum absolute atomic E-state index is 0.0101. The van der Waals surface area contributed by atoms with Crippen LogP contribution in [0, 0.1) is 0 Å². The molecule has 2 aromatic rings. The number of nitrogens with zero attached hydrogens (tertiary/aromatic N) is 2. The number of benzene rings is 2. The Morgan fingerprint density at radius 3 is 2.41 bits per heavy atom. The molecular formula is C17H18N4O. The normalized spacial score (nSPS) is 9.82. The summed E-state index contributed by atoms with van der Waals surface area (Å²) in [5, 5.41) is 18.0. The van der Waals surface area contributed by atoms with E-state index in [-0.39, 0.29) is 5.76 Å². The zero-order valence-electron chi connectivity index (χ0n) is 12.2. The molecule has 5 nitrogen and oxygen atoms in total. The lowest BCUT2D eigenvalue weighted by molar-refractivity contribution is 0.514. The fourth-order valence-corrected chi connectivity index (χ4v) is 1.95. The van der Waals surface area contributed by atoms with Crippen molar-refractivity contribution in [3.8, 4) is 0 Å². The van der Waals surface area contributed by atoms with Crippen LogP contribution in [0.2, 0.25) is 0 Å². The minimum atomic E-state index is -0.0101. The molecule has 0 aliphatic carbocycles. The molecule has 0 saturated carbocycles. The maximum atomic E-state index is 9.36. The average Bonchev–Trinajstić information content (AvgIpc) is 2.52. The van der Waals surface area contributed by atoms with Crippen molar-refractivity contribution in [2.75, 3.05) is 16.1 Å². The largest absolute Gasteiger partial charge is 0.508 e. The van der Waals surface area contributed by atoms with E-state index in [1.54, 1.807) is 29.4 Å². The highest BCUT2D eigenvalue weighted by atomic mass is 16.3. The molecule has 0 atom stereocenters. The van der Waals surface area contributed by atoms with Gasteiger partial charge in [0.15, 0.2) is 0 Å². The molecule has 0 unspecified atom stereocenters. The van der Waals surface area contributed by atoms with Crippen LogP contribution in [0.3, 0.4) is 0 Å². The van der Waals surface area contributed by atoms with Gasteiger partial charge in [-0.15, -0.1) is 0 Å². The predicted octanol–water partition coefficient (Wildman–Crippen LogP) is 4.11. The SMILES string of the molecule is C=CN(N=C)c1ccc(Nc2ccc(C(=C)O)cc2N)cc1. The van der Waals surface area contributed by atoms with Gasteiger partial charge in [0.25, 0.3) is 0 Å². The predicted molar refractivity (Wildman–Crippen MR) is 94.5 cm³/mol. The van der Waals surface area contributed by atoms with Crippen molar-refractivity contribution < 1.29 is 5.11 Å². The van der Waals surface area contributed by atoms with E-state index >= 15 is 0 Å². The Hall–Kier alpha value is -3.21. The summed E-state index contributed by atoms with van der Waals surface area (Å²) in [6, 6.07) is 12.8. The number of anilines is 4. The molecule has 0 bridgehead atoms. The molecule has 0 aliphatic rings. The quantitative estimate of drug-likeness (QED) is 0.324. The molecule has 0 amide bonds. The van der Waals surface area contributed by atoms with Gasteiger partial charge in [-0.1, -0.05) is 13.2 Å². The first-order valence-electron chi connectivity index (χ1n) is 6.58. The van der Waals surface area contributed by atoms with E-state index in [9.17, 15) is 5.11 Å². The van der Waals surface area contributed by atoms with E-state index in [1.807, 2.05) is 24.3 Å². The number of nitrogen functional groups attached to an aromatic ring is 1. The molecule has 5 heteroatoms. The third-order valence-corrected chi connectivity index (χ3v) is 3.12. The minimum Gasteiger partial charge on any atom is -0.508 e. The summed E-state index contributed by atoms with van der Waals surface area (Å²) in [6.07, 6.45) is 1.58. The maximum absolute atomic E-state index is 9.36. The molecule has 0 aromatic heterocycles. The number of hydrazone groups is 1. The number of aliphatic hydroxyl groups is 1. The van der Waals surface area contributed by atoms with Crippen LogP contribution >= 0.6 is 0 Å². The Kier molecular flexibility index (Phi) is 4.48. The van der Waals surface area contributed by atoms with Crippen molar-refractivity contribution in [1.29, 1.82) is 0 Å². The zero-order chi connectivity index (χ0) is 16.1. The summed E-state index contributed by atoms with van der Waals surface area (Å²) >= 11 is 0. The molecule has 0 fully saturated rings. The van der Waals surface area contributed by atoms with Gasteiger partial charge in [-0.05, 0) is 42.5 Å². The van der Waals surface area contributed by atoms with Crippen LogP contribution in [0.1, 0.15) is 5.56 Å². The van der Waals surface area contributed by atoms with Gasteiger partial charge < -0.3 is 16.2 Å². The molecule has 0 saturated heterocycles. The lowest BCUT2D eigenvalue weighted by Gasteiger charge is -2.14. The number of rotatable bonds is 6. The number of nitrogens with two attached hydrogens (primary N) is 1. The van der Waals surface area contributed by atoms with Crippen LogP contribution in [0.4, 0.5) is 22.7 Å². The van der Waals surface area contributed by atoms with E-state index in [0.717, 1.165) is 17.1 Å². The van der Waals surface area contributed by atoms with E-state index in [1.165, 1.54) is 0 Å². The smallest absolute Gasteiger partial charge is 0.115 e. The van der Waals surface area contributed by atoms with Crippen molar-refractivity contribution in [3.63, 3.8) is 0 Å². The second kappa shape index (κ2) is 6.49. The first-order valence-corrected chi connectivity index (χ1v) is 6.58. The van der Waals surface area contributed by atoms with E-state index in [2.05, 4.69) is 30.3 Å². The summed E-state index contributed by atoms with van der Waals surface area (Å²) in [5.74, 6) is -0.0101. The Bertz CT molecular complexity index is 699. The van der Waals surface area contributed by atoms with Crippen LogP contribution in [-0.2, 0) is 0 Å². The Morgan fingerprint density at radius 1 is 1.23 bits per heavy atom. The van der Waals surface area contributed by atoms with Gasteiger partial charge in [0.1, 0.15) is 5.76 Å². The van der Waals surface area contributed by atoms with Crippen molar-refractivity contribution in [3.05, 3.63) is 67.4 Å². The van der Waals surface area contributed by atoms with Crippen LogP contribution in [0.25, 0.3) is 5.76 Å². The first-order chi connectivity index (χ1) is 10.5. The molecule has 0 radical (unpaired) electrons. The molecule has 2 rings (SSSR count). The summed E-state index contributed by atoms with van der Waals surface area (Å²) in [5.41, 5.74) is 9.57. The Labute approximate surface area is 129 Å². The third kappa shape index (κ3) is 3.27. The number of aliphatic hydroxyl groups excluding tert-OH is 1. The maximum Gasteiger partial charge on any atom is 0.115 e. The lowest BCUT2D eigenvalue weighted by atomic mass is 10.1. The van der Waals surface area contributed by atoms with E-state index in [0.29, 0.717) is 11.3 Å². The Morgan fingerprint density at radius 2 is 1.91 bits per heavy atom. The summed E-state index contributed by atoms with van der Waals surface area (Å²) in [6.45, 7) is 10.6. The van der Waals surface area contributed by atoms with Gasteiger partial charge in [0.05, 0.1) is 17.1 Å². The van der Waals surface area contributed by atoms with E-state index in [4.69, 9.17) is 5.73 Å². The third-order valence-electron chi connectivity index (χ3n) is 3.12. The van der Waals surface area contributed by atoms with Crippen molar-refractivity contribution in [2.24, 2.45) is 5.10 Å². The van der Waals surface area contributed by atoms with E-state index < -0.39 is 0 Å². The molecule has 0 heterocycles. The lowest BCUT2D eigenvalue weighted by Crippen LogP contribution is -2.05. The number of nitrogens with one attached hydrogen (secondary N) is 1. The van der Waals surface area contributed by atoms with Crippen LogP contribution < -0.4 is 16.1 Å². The van der Waals surface area contributed by atoms with Gasteiger partial charge in [-0.2, -0.15) is 5.10 Å². The van der Waals surface area contributed by atoms with Crippen molar-refractivity contribution in [2.45, 2.75) is 0 Å². The summed E-state index contributed by atoms with van der Waals surface area (Å²) < 4.78 is 0. The number of hydrogen-bond donors (Lipinski definition) is 3. The fraction of sp³-hybridized carbons (Fsp3) is 0. The summed E-state index contributed by atoms with van der Waals surface area (Å²) in [7, 11) is 0. The molecule has 4 N–H and O–H groups in total. The molecule has 22 heavy (non-hydrogen) atoms. The van der Waals surface area contributed by atoms with Gasteiger partial charge in [0, 0.05) is 24.2 Å². The highest BCUT2D eigenvalue weighted by Crippen LogP contribution is 2.27. The first kappa shape index (κ1) is 15.2. The van der Waals surface area contributed by atoms with Crippen molar-refractivity contribution in [1.82, 2.24) is 0 Å².